The summed E-state index contributed by atoms with van der Waals surface area (Å²) in [7, 11) is 0. The van der Waals surface area contributed by atoms with E-state index in [1.165, 1.54) is 22.3 Å². The smallest absolute Gasteiger partial charge is 0.112 e. The van der Waals surface area contributed by atoms with Crippen molar-refractivity contribution < 1.29 is 0 Å². The van der Waals surface area contributed by atoms with E-state index in [9.17, 15) is 0 Å². The van der Waals surface area contributed by atoms with E-state index in [0.29, 0.717) is 21.6 Å². The fraction of sp³-hybridized carbons (Fsp3) is 0.192. The molecule has 2 nitrogen and oxygen atoms in total. The minimum Gasteiger partial charge on any atom is -0.258 e. The Morgan fingerprint density at radius 1 is 0.710 bits per heavy atom. The largest absolute Gasteiger partial charge is 0.258 e. The fourth-order valence-electron chi connectivity index (χ4n) is 3.60. The quantitative estimate of drug-likeness (QED) is 0.293. The molecular weight excluding hydrogens is 447 g/mol. The summed E-state index contributed by atoms with van der Waals surface area (Å²) < 4.78 is 1.94. The SMILES string of the molecule is Cc1ccc(-c2nn(Cc3ccc(Cl)cc3Cl)c(-c3ccc(C)c(C)c3)c2Cl)cc1C. The van der Waals surface area contributed by atoms with E-state index in [1.54, 1.807) is 6.07 Å². The van der Waals surface area contributed by atoms with E-state index in [1.807, 2.05) is 16.8 Å². The predicted octanol–water partition coefficient (Wildman–Crippen LogP) is 8.46. The van der Waals surface area contributed by atoms with Crippen LogP contribution in [-0.4, -0.2) is 9.78 Å². The first-order valence-electron chi connectivity index (χ1n) is 10.1. The van der Waals surface area contributed by atoms with Gasteiger partial charge in [-0.2, -0.15) is 5.10 Å². The van der Waals surface area contributed by atoms with Crippen LogP contribution in [0.5, 0.6) is 0 Å². The lowest BCUT2D eigenvalue weighted by atomic mass is 10.0. The van der Waals surface area contributed by atoms with Crippen LogP contribution in [0, 0.1) is 27.7 Å². The molecule has 1 aromatic heterocycles. The molecule has 0 saturated carbocycles. The van der Waals surface area contributed by atoms with Gasteiger partial charge in [-0.25, -0.2) is 0 Å². The van der Waals surface area contributed by atoms with Gasteiger partial charge in [-0.05, 0) is 79.8 Å². The first-order valence-corrected chi connectivity index (χ1v) is 11.2. The summed E-state index contributed by atoms with van der Waals surface area (Å²) in [6, 6.07) is 18.2. The molecule has 0 radical (unpaired) electrons. The van der Waals surface area contributed by atoms with Crippen molar-refractivity contribution >= 4 is 34.8 Å². The van der Waals surface area contributed by atoms with Crippen molar-refractivity contribution in [2.45, 2.75) is 34.2 Å². The van der Waals surface area contributed by atoms with Crippen LogP contribution >= 0.6 is 34.8 Å². The van der Waals surface area contributed by atoms with Crippen LogP contribution in [0.3, 0.4) is 0 Å². The molecule has 0 fully saturated rings. The molecule has 0 aliphatic rings. The number of hydrogen-bond acceptors (Lipinski definition) is 1. The van der Waals surface area contributed by atoms with Gasteiger partial charge >= 0.3 is 0 Å². The van der Waals surface area contributed by atoms with E-state index in [0.717, 1.165) is 28.1 Å². The maximum absolute atomic E-state index is 6.98. The van der Waals surface area contributed by atoms with E-state index < -0.39 is 0 Å². The van der Waals surface area contributed by atoms with Gasteiger partial charge in [0.2, 0.25) is 0 Å². The Labute approximate surface area is 198 Å². The highest BCUT2D eigenvalue weighted by Gasteiger charge is 2.21. The number of hydrogen-bond donors (Lipinski definition) is 0. The Bertz CT molecular complexity index is 1290. The molecule has 1 heterocycles. The maximum atomic E-state index is 6.98. The Balaban J connectivity index is 1.90. The topological polar surface area (TPSA) is 17.8 Å². The molecule has 0 unspecified atom stereocenters. The molecule has 0 spiro atoms. The summed E-state index contributed by atoms with van der Waals surface area (Å²) >= 11 is 19.5. The first kappa shape index (κ1) is 22.0. The van der Waals surface area contributed by atoms with Crippen molar-refractivity contribution in [2.24, 2.45) is 0 Å². The average molecular weight is 470 g/mol. The summed E-state index contributed by atoms with van der Waals surface area (Å²) in [4.78, 5) is 0. The van der Waals surface area contributed by atoms with Crippen LogP contribution in [0.2, 0.25) is 15.1 Å². The van der Waals surface area contributed by atoms with Crippen LogP contribution < -0.4 is 0 Å². The second-order valence-electron chi connectivity index (χ2n) is 8.00. The third-order valence-corrected chi connectivity index (χ3v) is 6.74. The number of benzene rings is 3. The van der Waals surface area contributed by atoms with Crippen molar-refractivity contribution in [3.8, 4) is 22.5 Å². The standard InChI is InChI=1S/C26H23Cl3N2/c1-15-5-7-19(11-17(15)3)25-24(29)26(20-8-6-16(2)18(4)12-20)31(30-25)14-21-9-10-22(27)13-23(21)28/h5-13H,14H2,1-4H3. The number of aryl methyl sites for hydroxylation is 4. The van der Waals surface area contributed by atoms with Gasteiger partial charge < -0.3 is 0 Å². The van der Waals surface area contributed by atoms with E-state index in [2.05, 4.69) is 64.1 Å². The molecular formula is C26H23Cl3N2. The molecule has 0 atom stereocenters. The zero-order valence-electron chi connectivity index (χ0n) is 17.9. The lowest BCUT2D eigenvalue weighted by molar-refractivity contribution is 0.697. The van der Waals surface area contributed by atoms with Gasteiger partial charge in [-0.15, -0.1) is 0 Å². The molecule has 4 aromatic rings. The molecule has 0 amide bonds. The first-order chi connectivity index (χ1) is 14.7. The predicted molar refractivity (Wildman–Crippen MR) is 133 cm³/mol. The Kier molecular flexibility index (Phi) is 6.16. The van der Waals surface area contributed by atoms with Crippen LogP contribution in [-0.2, 0) is 6.54 Å². The van der Waals surface area contributed by atoms with Crippen molar-refractivity contribution in [3.05, 3.63) is 97.5 Å². The van der Waals surface area contributed by atoms with Gasteiger partial charge in [0.25, 0.3) is 0 Å². The molecule has 0 saturated heterocycles. The minimum absolute atomic E-state index is 0.489. The zero-order chi connectivity index (χ0) is 22.3. The third-order valence-electron chi connectivity index (χ3n) is 5.79. The van der Waals surface area contributed by atoms with E-state index in [4.69, 9.17) is 39.9 Å². The number of nitrogens with zero attached hydrogens (tertiary/aromatic N) is 2. The van der Waals surface area contributed by atoms with Crippen molar-refractivity contribution in [2.75, 3.05) is 0 Å². The molecule has 158 valence electrons. The second-order valence-corrected chi connectivity index (χ2v) is 9.22. The maximum Gasteiger partial charge on any atom is 0.112 e. The van der Waals surface area contributed by atoms with Crippen LogP contribution in [0.15, 0.2) is 54.6 Å². The van der Waals surface area contributed by atoms with Gasteiger partial charge in [0, 0.05) is 21.2 Å². The third kappa shape index (κ3) is 4.39. The molecule has 31 heavy (non-hydrogen) atoms. The lowest BCUT2D eigenvalue weighted by Gasteiger charge is -2.11. The van der Waals surface area contributed by atoms with Crippen molar-refractivity contribution in [1.82, 2.24) is 9.78 Å². The minimum atomic E-state index is 0.489. The highest BCUT2D eigenvalue weighted by molar-refractivity contribution is 6.36. The number of aromatic nitrogens is 2. The van der Waals surface area contributed by atoms with E-state index in [-0.39, 0.29) is 0 Å². The molecule has 4 rings (SSSR count). The van der Waals surface area contributed by atoms with Crippen LogP contribution in [0.4, 0.5) is 0 Å². The van der Waals surface area contributed by atoms with Crippen LogP contribution in [0.25, 0.3) is 22.5 Å². The van der Waals surface area contributed by atoms with Gasteiger partial charge in [0.05, 0.1) is 17.3 Å². The Morgan fingerprint density at radius 3 is 1.94 bits per heavy atom. The molecule has 0 N–H and O–H groups in total. The zero-order valence-corrected chi connectivity index (χ0v) is 20.2. The second kappa shape index (κ2) is 8.70. The Hall–Kier alpha value is -2.26. The summed E-state index contributed by atoms with van der Waals surface area (Å²) in [6.07, 6.45) is 0. The molecule has 0 aliphatic heterocycles. The number of halogens is 3. The average Bonchev–Trinajstić information content (AvgIpc) is 3.04. The molecule has 5 heteroatoms. The van der Waals surface area contributed by atoms with Gasteiger partial charge in [-0.1, -0.05) is 65.1 Å². The Morgan fingerprint density at radius 2 is 1.32 bits per heavy atom. The normalized spacial score (nSPS) is 11.2. The van der Waals surface area contributed by atoms with Crippen molar-refractivity contribution in [3.63, 3.8) is 0 Å². The summed E-state index contributed by atoms with van der Waals surface area (Å²) in [5.74, 6) is 0. The summed E-state index contributed by atoms with van der Waals surface area (Å²) in [6.45, 7) is 8.90. The monoisotopic (exact) mass is 468 g/mol. The number of rotatable bonds is 4. The molecule has 0 aliphatic carbocycles. The fourth-order valence-corrected chi connectivity index (χ4v) is 4.43. The summed E-state index contributed by atoms with van der Waals surface area (Å²) in [5, 5.41) is 6.78. The summed E-state index contributed by atoms with van der Waals surface area (Å²) in [5.41, 5.74) is 9.49. The molecule has 3 aromatic carbocycles. The van der Waals surface area contributed by atoms with Gasteiger partial charge in [0.15, 0.2) is 0 Å². The lowest BCUT2D eigenvalue weighted by Crippen LogP contribution is -2.05. The highest BCUT2D eigenvalue weighted by atomic mass is 35.5. The molecule has 0 bridgehead atoms. The van der Waals surface area contributed by atoms with Gasteiger partial charge in [-0.3, -0.25) is 4.68 Å². The van der Waals surface area contributed by atoms with E-state index >= 15 is 0 Å². The highest BCUT2D eigenvalue weighted by Crippen LogP contribution is 2.38. The van der Waals surface area contributed by atoms with Gasteiger partial charge in [0.1, 0.15) is 5.69 Å². The van der Waals surface area contributed by atoms with Crippen LogP contribution in [0.1, 0.15) is 27.8 Å². The van der Waals surface area contributed by atoms with Crippen molar-refractivity contribution in [1.29, 1.82) is 0 Å².